The van der Waals surface area contributed by atoms with Gasteiger partial charge in [0.1, 0.15) is 11.3 Å². The Morgan fingerprint density at radius 3 is 2.52 bits per heavy atom. The van der Waals surface area contributed by atoms with Crippen molar-refractivity contribution in [2.75, 3.05) is 27.8 Å². The maximum atomic E-state index is 12.5. The minimum Gasteiger partial charge on any atom is -0.493 e. The van der Waals surface area contributed by atoms with E-state index in [4.69, 9.17) is 13.9 Å². The van der Waals surface area contributed by atoms with E-state index in [1.54, 1.807) is 14.2 Å². The highest BCUT2D eigenvalue weighted by atomic mass is 16.5. The largest absolute Gasteiger partial charge is 0.493 e. The zero-order valence-electron chi connectivity index (χ0n) is 17.6. The number of fused-ring (bicyclic) bond motifs is 1. The van der Waals surface area contributed by atoms with Gasteiger partial charge >= 0.3 is 0 Å². The van der Waals surface area contributed by atoms with E-state index in [1.807, 2.05) is 68.3 Å². The fourth-order valence-corrected chi connectivity index (χ4v) is 3.36. The molecule has 0 saturated carbocycles. The molecule has 1 amide bonds. The Kier molecular flexibility index (Phi) is 6.44. The number of nitrogens with one attached hydrogen (secondary N) is 1. The summed E-state index contributed by atoms with van der Waals surface area (Å²) in [6.07, 6.45) is 0. The van der Waals surface area contributed by atoms with Crippen molar-refractivity contribution in [1.29, 1.82) is 0 Å². The zero-order valence-corrected chi connectivity index (χ0v) is 17.6. The molecule has 0 spiro atoms. The number of aryl methyl sites for hydroxylation is 1. The lowest BCUT2D eigenvalue weighted by Gasteiger charge is -2.20. The van der Waals surface area contributed by atoms with E-state index in [1.165, 1.54) is 0 Å². The predicted molar refractivity (Wildman–Crippen MR) is 113 cm³/mol. The van der Waals surface area contributed by atoms with Crippen LogP contribution in [-0.4, -0.2) is 38.6 Å². The van der Waals surface area contributed by atoms with Gasteiger partial charge in [0.2, 0.25) is 5.91 Å². The van der Waals surface area contributed by atoms with Crippen LogP contribution in [0.4, 0.5) is 0 Å². The summed E-state index contributed by atoms with van der Waals surface area (Å²) < 4.78 is 16.6. The lowest BCUT2D eigenvalue weighted by molar-refractivity contribution is -0.122. The Bertz CT molecular complexity index is 963. The van der Waals surface area contributed by atoms with Gasteiger partial charge in [-0.2, -0.15) is 0 Å². The first-order valence-corrected chi connectivity index (χ1v) is 9.59. The Labute approximate surface area is 171 Å². The minimum atomic E-state index is -0.203. The highest BCUT2D eigenvalue weighted by molar-refractivity contribution is 5.80. The first-order valence-electron chi connectivity index (χ1n) is 9.59. The summed E-state index contributed by atoms with van der Waals surface area (Å²) in [5.41, 5.74) is 3.00. The summed E-state index contributed by atoms with van der Waals surface area (Å²) in [4.78, 5) is 14.5. The second-order valence-electron chi connectivity index (χ2n) is 7.28. The maximum absolute atomic E-state index is 12.5. The standard InChI is InChI=1S/C23H28N2O4/c1-15-10-21(27-4)22(28-5)12-18(15)13-25(3)14-23(26)24-16(2)20-11-17-8-6-7-9-19(17)29-20/h6-12,16H,13-14H2,1-5H3,(H,24,26)/t16-/m0/s1. The van der Waals surface area contributed by atoms with Crippen LogP contribution in [0.1, 0.15) is 29.9 Å². The van der Waals surface area contributed by atoms with E-state index in [2.05, 4.69) is 5.32 Å². The second-order valence-corrected chi connectivity index (χ2v) is 7.28. The number of ether oxygens (including phenoxy) is 2. The average molecular weight is 396 g/mol. The number of furan rings is 1. The average Bonchev–Trinajstić information content (AvgIpc) is 3.13. The number of benzene rings is 2. The Balaban J connectivity index is 1.60. The van der Waals surface area contributed by atoms with Gasteiger partial charge in [0.25, 0.3) is 0 Å². The molecular weight excluding hydrogens is 368 g/mol. The van der Waals surface area contributed by atoms with E-state index < -0.39 is 0 Å². The number of para-hydroxylation sites is 1. The maximum Gasteiger partial charge on any atom is 0.234 e. The van der Waals surface area contributed by atoms with Gasteiger partial charge in [-0.3, -0.25) is 9.69 Å². The molecule has 0 aliphatic carbocycles. The highest BCUT2D eigenvalue weighted by Gasteiger charge is 2.16. The molecule has 1 heterocycles. The minimum absolute atomic E-state index is 0.0569. The number of methoxy groups -OCH3 is 2. The Hall–Kier alpha value is -2.99. The van der Waals surface area contributed by atoms with E-state index in [0.717, 1.165) is 27.9 Å². The highest BCUT2D eigenvalue weighted by Crippen LogP contribution is 2.30. The van der Waals surface area contributed by atoms with Gasteiger partial charge < -0.3 is 19.2 Å². The van der Waals surface area contributed by atoms with Crippen LogP contribution in [0.15, 0.2) is 46.9 Å². The summed E-state index contributed by atoms with van der Waals surface area (Å²) in [5.74, 6) is 2.08. The number of rotatable bonds is 8. The molecule has 3 aromatic rings. The lowest BCUT2D eigenvalue weighted by atomic mass is 10.1. The predicted octanol–water partition coefficient (Wildman–Crippen LogP) is 4.07. The first kappa shape index (κ1) is 20.7. The van der Waals surface area contributed by atoms with Crippen molar-refractivity contribution in [3.63, 3.8) is 0 Å². The van der Waals surface area contributed by atoms with Crippen LogP contribution in [-0.2, 0) is 11.3 Å². The van der Waals surface area contributed by atoms with Gasteiger partial charge in [0, 0.05) is 11.9 Å². The Morgan fingerprint density at radius 2 is 1.83 bits per heavy atom. The summed E-state index contributed by atoms with van der Waals surface area (Å²) in [5, 5.41) is 4.04. The van der Waals surface area contributed by atoms with Gasteiger partial charge in [0.15, 0.2) is 11.5 Å². The fourth-order valence-electron chi connectivity index (χ4n) is 3.36. The molecule has 0 saturated heterocycles. The number of amides is 1. The molecule has 0 aliphatic rings. The number of likely N-dealkylation sites (N-methyl/N-ethyl adjacent to an activating group) is 1. The molecule has 3 rings (SSSR count). The van der Waals surface area contributed by atoms with Crippen molar-refractivity contribution in [2.45, 2.75) is 26.4 Å². The summed E-state index contributed by atoms with van der Waals surface area (Å²) in [6, 6.07) is 13.5. The van der Waals surface area contributed by atoms with Crippen molar-refractivity contribution in [2.24, 2.45) is 0 Å². The van der Waals surface area contributed by atoms with Crippen LogP contribution < -0.4 is 14.8 Å². The number of carbonyl (C=O) groups is 1. The van der Waals surface area contributed by atoms with Crippen molar-refractivity contribution in [1.82, 2.24) is 10.2 Å². The number of nitrogens with zero attached hydrogens (tertiary/aromatic N) is 1. The van der Waals surface area contributed by atoms with Gasteiger partial charge in [-0.1, -0.05) is 18.2 Å². The summed E-state index contributed by atoms with van der Waals surface area (Å²) >= 11 is 0. The van der Waals surface area contributed by atoms with Crippen LogP contribution >= 0.6 is 0 Å². The van der Waals surface area contributed by atoms with Crippen LogP contribution in [0.3, 0.4) is 0 Å². The molecule has 154 valence electrons. The van der Waals surface area contributed by atoms with Gasteiger partial charge in [0.05, 0.1) is 26.8 Å². The third-order valence-corrected chi connectivity index (χ3v) is 4.94. The van der Waals surface area contributed by atoms with Gasteiger partial charge in [-0.05, 0) is 56.3 Å². The second kappa shape index (κ2) is 9.01. The molecule has 6 heteroatoms. The van der Waals surface area contributed by atoms with E-state index in [-0.39, 0.29) is 18.5 Å². The number of carbonyl (C=O) groups excluding carboxylic acids is 1. The fraction of sp³-hybridized carbons (Fsp3) is 0.348. The summed E-state index contributed by atoms with van der Waals surface area (Å²) in [6.45, 7) is 4.85. The van der Waals surface area contributed by atoms with Gasteiger partial charge in [-0.15, -0.1) is 0 Å². The zero-order chi connectivity index (χ0) is 21.0. The molecule has 0 aliphatic heterocycles. The van der Waals surface area contributed by atoms with Crippen molar-refractivity contribution >= 4 is 16.9 Å². The molecule has 6 nitrogen and oxygen atoms in total. The van der Waals surface area contributed by atoms with Crippen LogP contribution in [0, 0.1) is 6.92 Å². The van der Waals surface area contributed by atoms with Crippen LogP contribution in [0.25, 0.3) is 11.0 Å². The molecule has 1 atom stereocenters. The van der Waals surface area contributed by atoms with Crippen molar-refractivity contribution < 1.29 is 18.7 Å². The molecule has 0 fully saturated rings. The number of hydrogen-bond acceptors (Lipinski definition) is 5. The SMILES string of the molecule is COc1cc(C)c(CN(C)CC(=O)N[C@@H](C)c2cc3ccccc3o2)cc1OC. The molecule has 2 aromatic carbocycles. The van der Waals surface area contributed by atoms with Crippen molar-refractivity contribution in [3.05, 3.63) is 59.4 Å². The molecule has 0 bridgehead atoms. The molecule has 29 heavy (non-hydrogen) atoms. The molecule has 0 unspecified atom stereocenters. The molecular formula is C23H28N2O4. The normalized spacial score (nSPS) is 12.2. The molecule has 1 N–H and O–H groups in total. The van der Waals surface area contributed by atoms with Crippen molar-refractivity contribution in [3.8, 4) is 11.5 Å². The quantitative estimate of drug-likeness (QED) is 0.622. The van der Waals surface area contributed by atoms with E-state index >= 15 is 0 Å². The van der Waals surface area contributed by atoms with Gasteiger partial charge in [-0.25, -0.2) is 0 Å². The summed E-state index contributed by atoms with van der Waals surface area (Å²) in [7, 11) is 5.16. The third kappa shape index (κ3) is 4.90. The van der Waals surface area contributed by atoms with E-state index in [9.17, 15) is 4.79 Å². The van der Waals surface area contributed by atoms with E-state index in [0.29, 0.717) is 18.0 Å². The molecule has 1 aromatic heterocycles. The van der Waals surface area contributed by atoms with Crippen LogP contribution in [0.2, 0.25) is 0 Å². The molecule has 0 radical (unpaired) electrons. The Morgan fingerprint density at radius 1 is 1.14 bits per heavy atom. The number of hydrogen-bond donors (Lipinski definition) is 1. The first-order chi connectivity index (χ1) is 13.9. The smallest absolute Gasteiger partial charge is 0.234 e. The van der Waals surface area contributed by atoms with Crippen LogP contribution in [0.5, 0.6) is 11.5 Å². The topological polar surface area (TPSA) is 63.9 Å². The lowest BCUT2D eigenvalue weighted by Crippen LogP contribution is -2.36. The monoisotopic (exact) mass is 396 g/mol. The third-order valence-electron chi connectivity index (χ3n) is 4.94.